The summed E-state index contributed by atoms with van der Waals surface area (Å²) in [7, 11) is 0. The molecule has 0 aromatic carbocycles. The van der Waals surface area contributed by atoms with Crippen LogP contribution in [-0.4, -0.2) is 74.9 Å². The maximum absolute atomic E-state index is 13.0. The van der Waals surface area contributed by atoms with E-state index in [-0.39, 0.29) is 18.9 Å². The molecule has 0 radical (unpaired) electrons. The van der Waals surface area contributed by atoms with E-state index in [1.807, 2.05) is 13.8 Å². The van der Waals surface area contributed by atoms with E-state index < -0.39 is 41.8 Å². The fraction of sp³-hybridized carbons (Fsp3) is 0.632. The van der Waals surface area contributed by atoms with E-state index in [1.54, 1.807) is 0 Å². The first kappa shape index (κ1) is 23.3. The van der Waals surface area contributed by atoms with Crippen molar-refractivity contribution < 1.29 is 24.3 Å². The van der Waals surface area contributed by atoms with Crippen LogP contribution in [0.3, 0.4) is 0 Å². The van der Waals surface area contributed by atoms with Gasteiger partial charge < -0.3 is 31.4 Å². The number of carboxylic acid groups (broad SMARTS) is 1. The van der Waals surface area contributed by atoms with Gasteiger partial charge in [0.05, 0.1) is 18.9 Å². The largest absolute Gasteiger partial charge is 0.480 e. The second-order valence-electron chi connectivity index (χ2n) is 7.88. The molecule has 0 bridgehead atoms. The van der Waals surface area contributed by atoms with Gasteiger partial charge in [-0.1, -0.05) is 13.8 Å². The van der Waals surface area contributed by atoms with Gasteiger partial charge in [-0.05, 0) is 25.2 Å². The van der Waals surface area contributed by atoms with E-state index in [0.717, 1.165) is 0 Å². The zero-order valence-corrected chi connectivity index (χ0v) is 17.3. The van der Waals surface area contributed by atoms with Crippen LogP contribution in [0.1, 0.15) is 38.8 Å². The van der Waals surface area contributed by atoms with Crippen LogP contribution in [0.25, 0.3) is 0 Å². The average molecular weight is 422 g/mol. The standard InChI is InChI=1S/C19H30N6O5/c1-11(2)6-13(20)17(27)22-9-16(26)24-14(7-12-8-21-10-23-12)18(28)25-5-3-4-15(25)19(29)30/h8,10-11,13-15H,3-7,9,20H2,1-2H3,(H,21,23)(H,22,27)(H,24,26)(H,29,30). The third-order valence-electron chi connectivity index (χ3n) is 4.92. The molecule has 1 saturated heterocycles. The van der Waals surface area contributed by atoms with Gasteiger partial charge in [0, 0.05) is 24.9 Å². The number of aromatic nitrogens is 2. The summed E-state index contributed by atoms with van der Waals surface area (Å²) in [5.41, 5.74) is 6.41. The van der Waals surface area contributed by atoms with Crippen LogP contribution in [0, 0.1) is 5.92 Å². The first-order valence-electron chi connectivity index (χ1n) is 10.0. The quantitative estimate of drug-likeness (QED) is 0.322. The van der Waals surface area contributed by atoms with E-state index in [2.05, 4.69) is 20.6 Å². The zero-order valence-electron chi connectivity index (χ0n) is 17.3. The molecule has 3 amide bonds. The molecule has 0 spiro atoms. The van der Waals surface area contributed by atoms with Gasteiger partial charge in [0.15, 0.2) is 0 Å². The first-order valence-corrected chi connectivity index (χ1v) is 10.0. The number of carboxylic acids is 1. The van der Waals surface area contributed by atoms with Gasteiger partial charge in [0.2, 0.25) is 17.7 Å². The summed E-state index contributed by atoms with van der Waals surface area (Å²) in [6.45, 7) is 3.86. The molecule has 166 valence electrons. The molecule has 1 aromatic rings. The number of nitrogens with one attached hydrogen (secondary N) is 3. The lowest BCUT2D eigenvalue weighted by molar-refractivity contribution is -0.149. The lowest BCUT2D eigenvalue weighted by atomic mass is 10.0. The Morgan fingerprint density at radius 3 is 2.70 bits per heavy atom. The van der Waals surface area contributed by atoms with Crippen molar-refractivity contribution in [3.63, 3.8) is 0 Å². The van der Waals surface area contributed by atoms with E-state index in [0.29, 0.717) is 31.5 Å². The average Bonchev–Trinajstić information content (AvgIpc) is 3.36. The number of aliphatic carboxylic acids is 1. The number of H-pyrrole nitrogens is 1. The summed E-state index contributed by atoms with van der Waals surface area (Å²) < 4.78 is 0. The fourth-order valence-electron chi connectivity index (χ4n) is 3.46. The summed E-state index contributed by atoms with van der Waals surface area (Å²) in [5.74, 6) is -2.33. The van der Waals surface area contributed by atoms with Crippen LogP contribution in [0.2, 0.25) is 0 Å². The molecule has 11 nitrogen and oxygen atoms in total. The Kier molecular flexibility index (Phi) is 8.34. The Morgan fingerprint density at radius 2 is 2.10 bits per heavy atom. The van der Waals surface area contributed by atoms with Crippen LogP contribution in [0.15, 0.2) is 12.5 Å². The number of likely N-dealkylation sites (tertiary alicyclic amines) is 1. The zero-order chi connectivity index (χ0) is 22.3. The molecule has 1 aromatic heterocycles. The summed E-state index contributed by atoms with van der Waals surface area (Å²) in [4.78, 5) is 56.9. The van der Waals surface area contributed by atoms with Crippen LogP contribution >= 0.6 is 0 Å². The Morgan fingerprint density at radius 1 is 1.37 bits per heavy atom. The second-order valence-corrected chi connectivity index (χ2v) is 7.88. The summed E-state index contributed by atoms with van der Waals surface area (Å²) in [6.07, 6.45) is 4.53. The van der Waals surface area contributed by atoms with Gasteiger partial charge in [0.1, 0.15) is 12.1 Å². The lowest BCUT2D eigenvalue weighted by Gasteiger charge is -2.27. The predicted molar refractivity (Wildman–Crippen MR) is 107 cm³/mol. The lowest BCUT2D eigenvalue weighted by Crippen LogP contribution is -2.54. The molecule has 0 aliphatic carbocycles. The molecular weight excluding hydrogens is 392 g/mol. The molecule has 6 N–H and O–H groups in total. The number of aromatic amines is 1. The maximum atomic E-state index is 13.0. The number of amides is 3. The first-order chi connectivity index (χ1) is 14.2. The van der Waals surface area contributed by atoms with E-state index in [9.17, 15) is 24.3 Å². The number of hydrogen-bond acceptors (Lipinski definition) is 6. The molecular formula is C19H30N6O5. The molecule has 3 unspecified atom stereocenters. The Hall–Kier alpha value is -2.95. The molecule has 11 heteroatoms. The van der Waals surface area contributed by atoms with Gasteiger partial charge in [-0.25, -0.2) is 9.78 Å². The van der Waals surface area contributed by atoms with Crippen LogP contribution in [0.5, 0.6) is 0 Å². The van der Waals surface area contributed by atoms with Crippen molar-refractivity contribution in [2.45, 2.75) is 57.7 Å². The number of rotatable bonds is 10. The minimum Gasteiger partial charge on any atom is -0.480 e. The SMILES string of the molecule is CC(C)CC(N)C(=O)NCC(=O)NC(Cc1cnc[nH]1)C(=O)N1CCCC1C(=O)O. The van der Waals surface area contributed by atoms with E-state index in [4.69, 9.17) is 5.73 Å². The monoisotopic (exact) mass is 422 g/mol. The Labute approximate surface area is 174 Å². The van der Waals surface area contributed by atoms with E-state index >= 15 is 0 Å². The summed E-state index contributed by atoms with van der Waals surface area (Å²) in [6, 6.07) is -2.62. The summed E-state index contributed by atoms with van der Waals surface area (Å²) >= 11 is 0. The van der Waals surface area contributed by atoms with Gasteiger partial charge in [0.25, 0.3) is 0 Å². The Bertz CT molecular complexity index is 751. The predicted octanol–water partition coefficient (Wildman–Crippen LogP) is -0.998. The summed E-state index contributed by atoms with van der Waals surface area (Å²) in [5, 5.41) is 14.4. The Balaban J connectivity index is 2.01. The number of imidazole rings is 1. The normalized spacial score (nSPS) is 18.1. The molecule has 1 aliphatic rings. The third kappa shape index (κ3) is 6.55. The molecule has 0 saturated carbocycles. The highest BCUT2D eigenvalue weighted by atomic mass is 16.4. The smallest absolute Gasteiger partial charge is 0.326 e. The molecule has 3 atom stereocenters. The van der Waals surface area contributed by atoms with Crippen LogP contribution < -0.4 is 16.4 Å². The molecule has 1 aliphatic heterocycles. The minimum absolute atomic E-state index is 0.119. The van der Waals surface area contributed by atoms with E-state index in [1.165, 1.54) is 17.4 Å². The van der Waals surface area contributed by atoms with Crippen molar-refractivity contribution in [2.24, 2.45) is 11.7 Å². The van der Waals surface area contributed by atoms with Gasteiger partial charge in [-0.3, -0.25) is 14.4 Å². The topological polar surface area (TPSA) is 171 Å². The fourth-order valence-corrected chi connectivity index (χ4v) is 3.46. The van der Waals surface area contributed by atoms with Crippen molar-refractivity contribution in [3.05, 3.63) is 18.2 Å². The maximum Gasteiger partial charge on any atom is 0.326 e. The highest BCUT2D eigenvalue weighted by molar-refractivity contribution is 5.93. The highest BCUT2D eigenvalue weighted by Crippen LogP contribution is 2.19. The third-order valence-corrected chi connectivity index (χ3v) is 4.92. The van der Waals surface area contributed by atoms with Crippen molar-refractivity contribution in [3.8, 4) is 0 Å². The van der Waals surface area contributed by atoms with Crippen molar-refractivity contribution in [2.75, 3.05) is 13.1 Å². The van der Waals surface area contributed by atoms with Gasteiger partial charge in [-0.2, -0.15) is 0 Å². The molecule has 2 heterocycles. The number of nitrogens with two attached hydrogens (primary N) is 1. The van der Waals surface area contributed by atoms with Crippen molar-refractivity contribution in [1.29, 1.82) is 0 Å². The minimum atomic E-state index is -1.07. The van der Waals surface area contributed by atoms with Crippen molar-refractivity contribution >= 4 is 23.7 Å². The number of carbonyl (C=O) groups excluding carboxylic acids is 3. The number of nitrogens with zero attached hydrogens (tertiary/aromatic N) is 2. The molecule has 2 rings (SSSR count). The van der Waals surface area contributed by atoms with Crippen molar-refractivity contribution in [1.82, 2.24) is 25.5 Å². The molecule has 1 fully saturated rings. The highest BCUT2D eigenvalue weighted by Gasteiger charge is 2.37. The van der Waals surface area contributed by atoms with Gasteiger partial charge in [-0.15, -0.1) is 0 Å². The second kappa shape index (κ2) is 10.7. The number of hydrogen-bond donors (Lipinski definition) is 5. The van der Waals surface area contributed by atoms with Crippen LogP contribution in [-0.2, 0) is 25.6 Å². The molecule has 30 heavy (non-hydrogen) atoms. The number of carbonyl (C=O) groups is 4. The van der Waals surface area contributed by atoms with Crippen LogP contribution in [0.4, 0.5) is 0 Å². The van der Waals surface area contributed by atoms with Gasteiger partial charge >= 0.3 is 5.97 Å².